The Morgan fingerprint density at radius 1 is 1.30 bits per heavy atom. The van der Waals surface area contributed by atoms with Gasteiger partial charge in [-0.1, -0.05) is 0 Å². The van der Waals surface area contributed by atoms with Crippen LogP contribution in [-0.4, -0.2) is 34.1 Å². The second kappa shape index (κ2) is 6.62. The molecule has 23 heavy (non-hydrogen) atoms. The van der Waals surface area contributed by atoms with Gasteiger partial charge < -0.3 is 20.7 Å². The van der Waals surface area contributed by atoms with Gasteiger partial charge in [-0.05, 0) is 44.2 Å². The van der Waals surface area contributed by atoms with E-state index in [9.17, 15) is 14.0 Å². The normalized spacial score (nSPS) is 12.0. The molecular weight excluding hydrogens is 301 g/mol. The van der Waals surface area contributed by atoms with Crippen molar-refractivity contribution in [3.8, 4) is 5.69 Å². The van der Waals surface area contributed by atoms with Crippen LogP contribution in [0.15, 0.2) is 30.3 Å². The number of aliphatic hydroxyl groups is 1. The number of aliphatic hydroxyl groups excluding tert-OH is 1. The average Bonchev–Trinajstić information content (AvgIpc) is 2.80. The number of hydrogen-bond acceptors (Lipinski definition) is 3. The van der Waals surface area contributed by atoms with E-state index in [1.165, 1.54) is 12.1 Å². The van der Waals surface area contributed by atoms with Crippen LogP contribution >= 0.6 is 0 Å². The Morgan fingerprint density at radius 3 is 2.43 bits per heavy atom. The van der Waals surface area contributed by atoms with Crippen molar-refractivity contribution in [2.45, 2.75) is 19.9 Å². The number of rotatable bonds is 5. The number of amides is 2. The first-order valence-corrected chi connectivity index (χ1v) is 7.01. The van der Waals surface area contributed by atoms with Crippen molar-refractivity contribution in [2.24, 2.45) is 5.73 Å². The number of primary amides is 1. The highest BCUT2D eigenvalue weighted by molar-refractivity contribution is 5.98. The molecule has 0 saturated carbocycles. The van der Waals surface area contributed by atoms with Crippen molar-refractivity contribution in [2.75, 3.05) is 6.61 Å². The van der Waals surface area contributed by atoms with Crippen molar-refractivity contribution in [1.29, 1.82) is 0 Å². The molecule has 1 heterocycles. The molecule has 0 aliphatic heterocycles. The van der Waals surface area contributed by atoms with Crippen LogP contribution in [0.4, 0.5) is 4.39 Å². The third-order valence-corrected chi connectivity index (χ3v) is 3.59. The van der Waals surface area contributed by atoms with E-state index in [2.05, 4.69) is 5.32 Å². The number of aromatic nitrogens is 1. The minimum absolute atomic E-state index is 0.346. The van der Waals surface area contributed by atoms with Crippen LogP contribution in [0.1, 0.15) is 21.7 Å². The summed E-state index contributed by atoms with van der Waals surface area (Å²) in [6.45, 7) is 2.98. The summed E-state index contributed by atoms with van der Waals surface area (Å²) >= 11 is 0. The van der Waals surface area contributed by atoms with Gasteiger partial charge in [0, 0.05) is 17.1 Å². The number of nitrogens with two attached hydrogens (primary N) is 1. The largest absolute Gasteiger partial charge is 0.394 e. The average molecular weight is 319 g/mol. The number of hydrogen-bond donors (Lipinski definition) is 3. The molecule has 0 radical (unpaired) electrons. The van der Waals surface area contributed by atoms with E-state index in [0.29, 0.717) is 16.9 Å². The summed E-state index contributed by atoms with van der Waals surface area (Å²) in [5.74, 6) is -1.67. The van der Waals surface area contributed by atoms with Crippen LogP contribution in [0.5, 0.6) is 0 Å². The molecule has 1 atom stereocenters. The second-order valence-corrected chi connectivity index (χ2v) is 5.21. The quantitative estimate of drug-likeness (QED) is 0.760. The van der Waals surface area contributed by atoms with Crippen LogP contribution in [0.25, 0.3) is 5.69 Å². The molecule has 6 nitrogen and oxygen atoms in total. The lowest BCUT2D eigenvalue weighted by Crippen LogP contribution is -2.46. The van der Waals surface area contributed by atoms with Crippen molar-refractivity contribution in [1.82, 2.24) is 9.88 Å². The standard InChI is InChI=1S/C16H18FN3O3/c1-9-7-13(16(23)19-14(8-21)15(18)22)10(2)20(9)12-5-3-11(17)4-6-12/h3-7,14,21H,8H2,1-2H3,(H2,18,22)(H,19,23). The summed E-state index contributed by atoms with van der Waals surface area (Å²) in [6, 6.07) is 6.40. The maximum atomic E-state index is 13.1. The third kappa shape index (κ3) is 3.40. The molecule has 7 heteroatoms. The zero-order chi connectivity index (χ0) is 17.1. The minimum atomic E-state index is -1.14. The second-order valence-electron chi connectivity index (χ2n) is 5.21. The highest BCUT2D eigenvalue weighted by Crippen LogP contribution is 2.21. The number of halogens is 1. The molecule has 0 fully saturated rings. The van der Waals surface area contributed by atoms with Gasteiger partial charge >= 0.3 is 0 Å². The van der Waals surface area contributed by atoms with Gasteiger partial charge in [0.25, 0.3) is 5.91 Å². The van der Waals surface area contributed by atoms with E-state index in [0.717, 1.165) is 5.69 Å². The topological polar surface area (TPSA) is 97.3 Å². The summed E-state index contributed by atoms with van der Waals surface area (Å²) in [4.78, 5) is 23.4. The Hall–Kier alpha value is -2.67. The molecule has 1 aromatic heterocycles. The van der Waals surface area contributed by atoms with Crippen LogP contribution in [0.3, 0.4) is 0 Å². The first-order valence-electron chi connectivity index (χ1n) is 7.01. The van der Waals surface area contributed by atoms with Crippen LogP contribution in [-0.2, 0) is 4.79 Å². The van der Waals surface area contributed by atoms with Gasteiger partial charge in [0.05, 0.1) is 12.2 Å². The highest BCUT2D eigenvalue weighted by atomic mass is 19.1. The van der Waals surface area contributed by atoms with Crippen LogP contribution in [0, 0.1) is 19.7 Å². The zero-order valence-corrected chi connectivity index (χ0v) is 12.8. The first-order chi connectivity index (χ1) is 10.8. The van der Waals surface area contributed by atoms with Crippen molar-refractivity contribution in [3.05, 3.63) is 53.1 Å². The number of benzene rings is 1. The lowest BCUT2D eigenvalue weighted by molar-refractivity contribution is -0.120. The van der Waals surface area contributed by atoms with E-state index in [1.54, 1.807) is 29.7 Å². The molecule has 0 aliphatic carbocycles. The van der Waals surface area contributed by atoms with Crippen molar-refractivity contribution >= 4 is 11.8 Å². The number of nitrogens with zero attached hydrogens (tertiary/aromatic N) is 1. The number of carbonyl (C=O) groups is 2. The van der Waals surface area contributed by atoms with Gasteiger partial charge in [0.1, 0.15) is 11.9 Å². The molecular formula is C16H18FN3O3. The van der Waals surface area contributed by atoms with Gasteiger partial charge in [-0.25, -0.2) is 4.39 Å². The molecule has 0 aliphatic rings. The molecule has 2 amide bonds. The Bertz CT molecular complexity index is 738. The van der Waals surface area contributed by atoms with Gasteiger partial charge in [-0.3, -0.25) is 9.59 Å². The summed E-state index contributed by atoms with van der Waals surface area (Å²) < 4.78 is 14.9. The Labute approximate surface area is 132 Å². The number of aryl methyl sites for hydroxylation is 1. The Morgan fingerprint density at radius 2 is 1.91 bits per heavy atom. The number of nitrogens with one attached hydrogen (secondary N) is 1. The molecule has 4 N–H and O–H groups in total. The molecule has 122 valence electrons. The summed E-state index contributed by atoms with van der Waals surface area (Å²) in [5.41, 5.74) is 7.58. The van der Waals surface area contributed by atoms with Gasteiger partial charge in [-0.15, -0.1) is 0 Å². The van der Waals surface area contributed by atoms with Gasteiger partial charge in [-0.2, -0.15) is 0 Å². The fourth-order valence-corrected chi connectivity index (χ4v) is 2.42. The van der Waals surface area contributed by atoms with Crippen LogP contribution in [0.2, 0.25) is 0 Å². The van der Waals surface area contributed by atoms with E-state index < -0.39 is 24.5 Å². The maximum Gasteiger partial charge on any atom is 0.253 e. The monoisotopic (exact) mass is 319 g/mol. The van der Waals surface area contributed by atoms with Gasteiger partial charge in [0.2, 0.25) is 5.91 Å². The van der Waals surface area contributed by atoms with Crippen molar-refractivity contribution < 1.29 is 19.1 Å². The predicted molar refractivity (Wildman–Crippen MR) is 82.7 cm³/mol. The van der Waals surface area contributed by atoms with E-state index >= 15 is 0 Å². The molecule has 0 saturated heterocycles. The summed E-state index contributed by atoms with van der Waals surface area (Å²) in [7, 11) is 0. The van der Waals surface area contributed by atoms with Crippen molar-refractivity contribution in [3.63, 3.8) is 0 Å². The molecule has 1 aromatic carbocycles. The molecule has 0 bridgehead atoms. The Kier molecular flexibility index (Phi) is 4.80. The highest BCUT2D eigenvalue weighted by Gasteiger charge is 2.21. The Balaban J connectivity index is 2.35. The lowest BCUT2D eigenvalue weighted by Gasteiger charge is -2.13. The zero-order valence-electron chi connectivity index (χ0n) is 12.8. The van der Waals surface area contributed by atoms with E-state index in [4.69, 9.17) is 10.8 Å². The molecule has 2 rings (SSSR count). The molecule has 1 unspecified atom stereocenters. The van der Waals surface area contributed by atoms with E-state index in [1.807, 2.05) is 6.92 Å². The smallest absolute Gasteiger partial charge is 0.253 e. The predicted octanol–water partition coefficient (Wildman–Crippen LogP) is 0.809. The lowest BCUT2D eigenvalue weighted by atomic mass is 10.2. The van der Waals surface area contributed by atoms with E-state index in [-0.39, 0.29) is 5.82 Å². The molecule has 2 aromatic rings. The third-order valence-electron chi connectivity index (χ3n) is 3.59. The fraction of sp³-hybridized carbons (Fsp3) is 0.250. The maximum absolute atomic E-state index is 13.1. The van der Waals surface area contributed by atoms with Gasteiger partial charge in [0.15, 0.2) is 0 Å². The minimum Gasteiger partial charge on any atom is -0.394 e. The first kappa shape index (κ1) is 16.7. The van der Waals surface area contributed by atoms with Crippen LogP contribution < -0.4 is 11.1 Å². The SMILES string of the molecule is Cc1cc(C(=O)NC(CO)C(N)=O)c(C)n1-c1ccc(F)cc1. The molecule has 0 spiro atoms. The summed E-state index contributed by atoms with van der Waals surface area (Å²) in [5, 5.41) is 11.5. The number of carbonyl (C=O) groups excluding carboxylic acids is 2. The summed E-state index contributed by atoms with van der Waals surface area (Å²) in [6.07, 6.45) is 0. The fourth-order valence-electron chi connectivity index (χ4n) is 2.42.